The van der Waals surface area contributed by atoms with Crippen LogP contribution in [0.4, 0.5) is 0 Å². The van der Waals surface area contributed by atoms with Gasteiger partial charge in [-0.2, -0.15) is 0 Å². The van der Waals surface area contributed by atoms with E-state index in [1.165, 1.54) is 18.4 Å². The maximum absolute atomic E-state index is 5.80. The minimum absolute atomic E-state index is 0.172. The van der Waals surface area contributed by atoms with E-state index in [9.17, 15) is 0 Å². The van der Waals surface area contributed by atoms with E-state index in [1.54, 1.807) is 0 Å². The third-order valence-corrected chi connectivity index (χ3v) is 6.77. The van der Waals surface area contributed by atoms with Gasteiger partial charge >= 0.3 is 137 Å². The van der Waals surface area contributed by atoms with Crippen LogP contribution in [0.3, 0.4) is 0 Å². The molecule has 0 radical (unpaired) electrons. The zero-order valence-electron chi connectivity index (χ0n) is 12.7. The molecule has 0 unspecified atom stereocenters. The average Bonchev–Trinajstić information content (AvgIpc) is 2.47. The van der Waals surface area contributed by atoms with Crippen molar-refractivity contribution in [3.05, 3.63) is 65.7 Å². The fourth-order valence-corrected chi connectivity index (χ4v) is 5.11. The molecule has 2 aromatic carbocycles. The number of fused-ring (bicyclic) bond motifs is 1. The Morgan fingerprint density at radius 1 is 1.00 bits per heavy atom. The fraction of sp³-hybridized carbons (Fsp3) is 0.263. The molecule has 0 aromatic heterocycles. The first-order chi connectivity index (χ1) is 10.0. The molecule has 21 heavy (non-hydrogen) atoms. The Balaban J connectivity index is 1.97. The van der Waals surface area contributed by atoms with Crippen molar-refractivity contribution in [1.29, 1.82) is 0 Å². The van der Waals surface area contributed by atoms with E-state index in [2.05, 4.69) is 75.4 Å². The molecule has 0 saturated heterocycles. The second kappa shape index (κ2) is 5.87. The summed E-state index contributed by atoms with van der Waals surface area (Å²) in [4.78, 5) is 0. The van der Waals surface area contributed by atoms with Gasteiger partial charge in [0.2, 0.25) is 0 Å². The fourth-order valence-electron chi connectivity index (χ4n) is 2.34. The second-order valence-electron chi connectivity index (χ2n) is 6.26. The summed E-state index contributed by atoms with van der Waals surface area (Å²) >= 11 is -0.354. The molecule has 1 nitrogen and oxygen atoms in total. The standard InChI is InChI=1S/C19H20OTe/c1-19(2,3)14-9-10-17-16(13-14)18(11-12-20-17)21-15-7-5-4-6-8-15/h4-11,13H,12H2,1-3H3. The molecular formula is C19H20OTe. The molecular weight excluding hydrogens is 372 g/mol. The number of rotatable bonds is 2. The van der Waals surface area contributed by atoms with E-state index in [1.807, 2.05) is 0 Å². The molecule has 0 aliphatic carbocycles. The topological polar surface area (TPSA) is 9.23 Å². The van der Waals surface area contributed by atoms with E-state index in [0.29, 0.717) is 6.61 Å². The van der Waals surface area contributed by atoms with Crippen LogP contribution in [-0.4, -0.2) is 27.5 Å². The minimum atomic E-state index is -0.354. The number of hydrogen-bond donors (Lipinski definition) is 0. The van der Waals surface area contributed by atoms with Gasteiger partial charge in [-0.15, -0.1) is 0 Å². The molecule has 1 aliphatic rings. The van der Waals surface area contributed by atoms with Gasteiger partial charge in [0.05, 0.1) is 0 Å². The first kappa shape index (κ1) is 14.7. The van der Waals surface area contributed by atoms with E-state index in [0.717, 1.165) is 5.75 Å². The van der Waals surface area contributed by atoms with Crippen LogP contribution < -0.4 is 8.35 Å². The summed E-state index contributed by atoms with van der Waals surface area (Å²) in [5.74, 6) is 1.04. The Kier molecular flexibility index (Phi) is 4.11. The SMILES string of the molecule is CC(C)(C)c1ccc2c(c1)C([Te]c1ccccc1)=CCO2. The second-order valence-corrected chi connectivity index (χ2v) is 9.44. The van der Waals surface area contributed by atoms with Crippen molar-refractivity contribution in [1.82, 2.24) is 0 Å². The van der Waals surface area contributed by atoms with Crippen LogP contribution in [0, 0.1) is 0 Å². The third kappa shape index (κ3) is 3.34. The molecule has 0 saturated carbocycles. The molecule has 0 N–H and O–H groups in total. The Bertz CT molecular complexity index is 666. The summed E-state index contributed by atoms with van der Waals surface area (Å²) in [5.41, 5.74) is 2.85. The molecule has 0 bridgehead atoms. The van der Waals surface area contributed by atoms with E-state index in [-0.39, 0.29) is 26.3 Å². The van der Waals surface area contributed by atoms with Crippen molar-refractivity contribution in [2.75, 3.05) is 6.61 Å². The summed E-state index contributed by atoms with van der Waals surface area (Å²) in [5, 5.41) is 0. The van der Waals surface area contributed by atoms with Crippen LogP contribution in [0.2, 0.25) is 0 Å². The predicted molar refractivity (Wildman–Crippen MR) is 90.4 cm³/mol. The van der Waals surface area contributed by atoms with Crippen LogP contribution in [0.1, 0.15) is 31.9 Å². The molecule has 1 heterocycles. The van der Waals surface area contributed by atoms with Crippen LogP contribution in [0.15, 0.2) is 54.6 Å². The van der Waals surface area contributed by atoms with E-state index in [4.69, 9.17) is 4.74 Å². The Hall–Kier alpha value is -1.23. The van der Waals surface area contributed by atoms with Gasteiger partial charge in [-0.25, -0.2) is 0 Å². The van der Waals surface area contributed by atoms with Crippen LogP contribution >= 0.6 is 0 Å². The van der Waals surface area contributed by atoms with Crippen molar-refractivity contribution in [2.45, 2.75) is 26.2 Å². The molecule has 0 atom stereocenters. The van der Waals surface area contributed by atoms with Gasteiger partial charge < -0.3 is 0 Å². The zero-order chi connectivity index (χ0) is 14.9. The summed E-state index contributed by atoms with van der Waals surface area (Å²) in [6, 6.07) is 17.5. The van der Waals surface area contributed by atoms with Gasteiger partial charge in [0.25, 0.3) is 0 Å². The van der Waals surface area contributed by atoms with Crippen molar-refractivity contribution in [2.24, 2.45) is 0 Å². The zero-order valence-corrected chi connectivity index (χ0v) is 15.1. The van der Waals surface area contributed by atoms with Gasteiger partial charge in [0, 0.05) is 0 Å². The molecule has 1 aliphatic heterocycles. The molecule has 2 heteroatoms. The van der Waals surface area contributed by atoms with Gasteiger partial charge in [0.15, 0.2) is 0 Å². The van der Waals surface area contributed by atoms with Crippen molar-refractivity contribution < 1.29 is 4.74 Å². The molecule has 0 fully saturated rings. The van der Waals surface area contributed by atoms with Crippen molar-refractivity contribution >= 4 is 28.2 Å². The molecule has 108 valence electrons. The number of benzene rings is 2. The predicted octanol–water partition coefficient (Wildman–Crippen LogP) is 3.75. The number of ether oxygens (including phenoxy) is 1. The average molecular weight is 392 g/mol. The third-order valence-electron chi connectivity index (χ3n) is 3.59. The summed E-state index contributed by atoms with van der Waals surface area (Å²) in [6.45, 7) is 7.48. The van der Waals surface area contributed by atoms with E-state index >= 15 is 0 Å². The van der Waals surface area contributed by atoms with E-state index < -0.39 is 0 Å². The maximum atomic E-state index is 5.80. The normalized spacial score (nSPS) is 14.1. The van der Waals surface area contributed by atoms with Gasteiger partial charge in [0.1, 0.15) is 0 Å². The van der Waals surface area contributed by atoms with Crippen LogP contribution in [0.25, 0.3) is 3.62 Å². The summed E-state index contributed by atoms with van der Waals surface area (Å²) in [6.07, 6.45) is 2.27. The quantitative estimate of drug-likeness (QED) is 0.708. The molecule has 0 amide bonds. The van der Waals surface area contributed by atoms with Crippen molar-refractivity contribution in [3.63, 3.8) is 0 Å². The monoisotopic (exact) mass is 394 g/mol. The van der Waals surface area contributed by atoms with Gasteiger partial charge in [-0.05, 0) is 0 Å². The molecule has 2 aromatic rings. The van der Waals surface area contributed by atoms with Crippen LogP contribution in [0.5, 0.6) is 5.75 Å². The Morgan fingerprint density at radius 3 is 2.48 bits per heavy atom. The first-order valence-corrected chi connectivity index (χ1v) is 9.58. The Labute approximate surface area is 137 Å². The van der Waals surface area contributed by atoms with Crippen LogP contribution in [-0.2, 0) is 5.41 Å². The number of hydrogen-bond acceptors (Lipinski definition) is 1. The van der Waals surface area contributed by atoms with Gasteiger partial charge in [-0.1, -0.05) is 0 Å². The molecule has 0 spiro atoms. The van der Waals surface area contributed by atoms with Crippen molar-refractivity contribution in [3.8, 4) is 5.75 Å². The molecule has 3 rings (SSSR count). The Morgan fingerprint density at radius 2 is 1.76 bits per heavy atom. The summed E-state index contributed by atoms with van der Waals surface area (Å²) in [7, 11) is 0. The van der Waals surface area contributed by atoms with Gasteiger partial charge in [-0.3, -0.25) is 0 Å². The first-order valence-electron chi connectivity index (χ1n) is 7.25. The summed E-state index contributed by atoms with van der Waals surface area (Å²) < 4.78 is 8.78.